The van der Waals surface area contributed by atoms with Gasteiger partial charge in [0.1, 0.15) is 0 Å². The van der Waals surface area contributed by atoms with Crippen molar-refractivity contribution in [2.45, 2.75) is 39.0 Å². The van der Waals surface area contributed by atoms with Crippen LogP contribution in [0.5, 0.6) is 0 Å². The first-order valence-corrected chi connectivity index (χ1v) is 6.71. The van der Waals surface area contributed by atoms with Gasteiger partial charge in [-0.25, -0.2) is 0 Å². The second-order valence-corrected chi connectivity index (χ2v) is 5.29. The van der Waals surface area contributed by atoms with E-state index in [0.717, 1.165) is 30.8 Å². The van der Waals surface area contributed by atoms with Crippen molar-refractivity contribution in [3.05, 3.63) is 35.4 Å². The van der Waals surface area contributed by atoms with Crippen LogP contribution >= 0.6 is 0 Å². The molecule has 0 spiro atoms. The Kier molecular flexibility index (Phi) is 4.56. The van der Waals surface area contributed by atoms with E-state index in [-0.39, 0.29) is 18.6 Å². The van der Waals surface area contributed by atoms with Crippen molar-refractivity contribution in [2.75, 3.05) is 13.1 Å². The van der Waals surface area contributed by atoms with Crippen LogP contribution in [0.25, 0.3) is 0 Å². The van der Waals surface area contributed by atoms with Gasteiger partial charge < -0.3 is 9.84 Å². The average molecular weight is 263 g/mol. The lowest BCUT2D eigenvalue weighted by atomic mass is 10.0. The molecule has 0 saturated carbocycles. The van der Waals surface area contributed by atoms with Gasteiger partial charge in [-0.05, 0) is 25.0 Å². The highest BCUT2D eigenvalue weighted by atomic mass is 16.5. The zero-order valence-electron chi connectivity index (χ0n) is 11.5. The van der Waals surface area contributed by atoms with Gasteiger partial charge in [0, 0.05) is 19.6 Å². The SMILES string of the molecule is CC1CN(Cc2ccccc2CC(=O)O)CC(C)O1. The van der Waals surface area contributed by atoms with E-state index in [2.05, 4.69) is 18.7 Å². The van der Waals surface area contributed by atoms with Crippen molar-refractivity contribution in [3.63, 3.8) is 0 Å². The summed E-state index contributed by atoms with van der Waals surface area (Å²) in [4.78, 5) is 13.2. The fourth-order valence-electron chi connectivity index (χ4n) is 2.70. The van der Waals surface area contributed by atoms with Crippen LogP contribution in [-0.2, 0) is 22.5 Å². The molecule has 1 aromatic rings. The average Bonchev–Trinajstić information content (AvgIpc) is 2.29. The van der Waals surface area contributed by atoms with Gasteiger partial charge in [-0.3, -0.25) is 9.69 Å². The number of carbonyl (C=O) groups is 1. The second kappa shape index (κ2) is 6.17. The Morgan fingerprint density at radius 2 is 1.84 bits per heavy atom. The molecule has 2 atom stereocenters. The van der Waals surface area contributed by atoms with Crippen molar-refractivity contribution >= 4 is 5.97 Å². The molecule has 1 aliphatic rings. The lowest BCUT2D eigenvalue weighted by Crippen LogP contribution is -2.44. The van der Waals surface area contributed by atoms with E-state index < -0.39 is 5.97 Å². The predicted octanol–water partition coefficient (Wildman–Crippen LogP) is 1.92. The molecule has 0 aromatic heterocycles. The topological polar surface area (TPSA) is 49.8 Å². The summed E-state index contributed by atoms with van der Waals surface area (Å²) in [7, 11) is 0. The van der Waals surface area contributed by atoms with Gasteiger partial charge in [0.2, 0.25) is 0 Å². The quantitative estimate of drug-likeness (QED) is 0.901. The first-order valence-electron chi connectivity index (χ1n) is 6.71. The highest BCUT2D eigenvalue weighted by Gasteiger charge is 2.22. The number of rotatable bonds is 4. The molecule has 1 N–H and O–H groups in total. The van der Waals surface area contributed by atoms with Crippen molar-refractivity contribution in [2.24, 2.45) is 0 Å². The van der Waals surface area contributed by atoms with E-state index in [1.54, 1.807) is 0 Å². The van der Waals surface area contributed by atoms with Crippen molar-refractivity contribution in [3.8, 4) is 0 Å². The number of benzene rings is 1. The summed E-state index contributed by atoms with van der Waals surface area (Å²) in [6, 6.07) is 7.78. The van der Waals surface area contributed by atoms with Crippen molar-refractivity contribution in [1.29, 1.82) is 0 Å². The largest absolute Gasteiger partial charge is 0.481 e. The molecule has 19 heavy (non-hydrogen) atoms. The first-order chi connectivity index (χ1) is 9.04. The zero-order valence-corrected chi connectivity index (χ0v) is 11.5. The van der Waals surface area contributed by atoms with Gasteiger partial charge >= 0.3 is 5.97 Å². The van der Waals surface area contributed by atoms with E-state index in [0.29, 0.717) is 0 Å². The fraction of sp³-hybridized carbons (Fsp3) is 0.533. The number of aliphatic carboxylic acids is 1. The lowest BCUT2D eigenvalue weighted by Gasteiger charge is -2.35. The third-order valence-electron chi connectivity index (χ3n) is 3.35. The van der Waals surface area contributed by atoms with Crippen LogP contribution in [-0.4, -0.2) is 41.3 Å². The number of carboxylic acid groups (broad SMARTS) is 1. The maximum absolute atomic E-state index is 10.9. The monoisotopic (exact) mass is 263 g/mol. The Hall–Kier alpha value is -1.39. The Morgan fingerprint density at radius 3 is 2.42 bits per heavy atom. The van der Waals surface area contributed by atoms with Crippen LogP contribution in [0, 0.1) is 0 Å². The number of morpholine rings is 1. The van der Waals surface area contributed by atoms with Crippen LogP contribution in [0.3, 0.4) is 0 Å². The molecule has 0 radical (unpaired) electrons. The number of hydrogen-bond acceptors (Lipinski definition) is 3. The molecule has 1 heterocycles. The normalized spacial score (nSPS) is 24.3. The van der Waals surface area contributed by atoms with Crippen LogP contribution < -0.4 is 0 Å². The van der Waals surface area contributed by atoms with Gasteiger partial charge in [0.25, 0.3) is 0 Å². The number of ether oxygens (including phenoxy) is 1. The fourth-order valence-corrected chi connectivity index (χ4v) is 2.70. The molecule has 2 unspecified atom stereocenters. The van der Waals surface area contributed by atoms with Gasteiger partial charge in [-0.1, -0.05) is 24.3 Å². The molecule has 0 amide bonds. The van der Waals surface area contributed by atoms with E-state index in [4.69, 9.17) is 9.84 Å². The van der Waals surface area contributed by atoms with Crippen LogP contribution in [0.15, 0.2) is 24.3 Å². The highest BCUT2D eigenvalue weighted by molar-refractivity contribution is 5.70. The summed E-state index contributed by atoms with van der Waals surface area (Å²) >= 11 is 0. The van der Waals surface area contributed by atoms with Crippen molar-refractivity contribution < 1.29 is 14.6 Å². The van der Waals surface area contributed by atoms with E-state index >= 15 is 0 Å². The summed E-state index contributed by atoms with van der Waals surface area (Å²) in [5.74, 6) is -0.781. The summed E-state index contributed by atoms with van der Waals surface area (Å²) in [6.07, 6.45) is 0.553. The number of nitrogens with zero attached hydrogens (tertiary/aromatic N) is 1. The van der Waals surface area contributed by atoms with Gasteiger partial charge in [0.05, 0.1) is 18.6 Å². The summed E-state index contributed by atoms with van der Waals surface area (Å²) < 4.78 is 5.71. The molecule has 4 heteroatoms. The number of hydrogen-bond donors (Lipinski definition) is 1. The van der Waals surface area contributed by atoms with Gasteiger partial charge in [-0.15, -0.1) is 0 Å². The Balaban J connectivity index is 2.07. The smallest absolute Gasteiger partial charge is 0.307 e. The third kappa shape index (κ3) is 4.04. The molecular weight excluding hydrogens is 242 g/mol. The van der Waals surface area contributed by atoms with Crippen LogP contribution in [0.4, 0.5) is 0 Å². The first kappa shape index (κ1) is 14.0. The molecule has 1 aromatic carbocycles. The van der Waals surface area contributed by atoms with Crippen LogP contribution in [0.2, 0.25) is 0 Å². The van der Waals surface area contributed by atoms with E-state index in [1.807, 2.05) is 24.3 Å². The second-order valence-electron chi connectivity index (χ2n) is 5.29. The summed E-state index contributed by atoms with van der Waals surface area (Å²) in [6.45, 7) is 6.73. The standard InChI is InChI=1S/C15H21NO3/c1-11-8-16(9-12(2)19-11)10-14-6-4-3-5-13(14)7-15(17)18/h3-6,11-12H,7-10H2,1-2H3,(H,17,18). The molecular formula is C15H21NO3. The molecule has 0 bridgehead atoms. The summed E-state index contributed by atoms with van der Waals surface area (Å²) in [5, 5.41) is 8.95. The zero-order chi connectivity index (χ0) is 13.8. The lowest BCUT2D eigenvalue weighted by molar-refractivity contribution is -0.136. The Labute approximate surface area is 114 Å². The Morgan fingerprint density at radius 1 is 1.26 bits per heavy atom. The minimum atomic E-state index is -0.781. The predicted molar refractivity (Wildman–Crippen MR) is 73.1 cm³/mol. The van der Waals surface area contributed by atoms with E-state index in [1.165, 1.54) is 0 Å². The minimum absolute atomic E-state index is 0.0889. The molecule has 4 nitrogen and oxygen atoms in total. The van der Waals surface area contributed by atoms with Crippen LogP contribution in [0.1, 0.15) is 25.0 Å². The van der Waals surface area contributed by atoms with Gasteiger partial charge in [-0.2, -0.15) is 0 Å². The molecule has 0 aliphatic carbocycles. The van der Waals surface area contributed by atoms with Crippen molar-refractivity contribution in [1.82, 2.24) is 4.90 Å². The van der Waals surface area contributed by atoms with E-state index in [9.17, 15) is 4.79 Å². The highest BCUT2D eigenvalue weighted by Crippen LogP contribution is 2.17. The molecule has 1 aliphatic heterocycles. The molecule has 1 fully saturated rings. The van der Waals surface area contributed by atoms with Gasteiger partial charge in [0.15, 0.2) is 0 Å². The Bertz CT molecular complexity index is 437. The number of carboxylic acids is 1. The maximum atomic E-state index is 10.9. The minimum Gasteiger partial charge on any atom is -0.481 e. The third-order valence-corrected chi connectivity index (χ3v) is 3.35. The molecule has 2 rings (SSSR count). The summed E-state index contributed by atoms with van der Waals surface area (Å²) in [5.41, 5.74) is 2.01. The molecule has 104 valence electrons. The maximum Gasteiger partial charge on any atom is 0.307 e. The molecule has 1 saturated heterocycles.